The zero-order chi connectivity index (χ0) is 25.4. The Labute approximate surface area is 210 Å². The van der Waals surface area contributed by atoms with E-state index in [1.165, 1.54) is 0 Å². The van der Waals surface area contributed by atoms with Crippen LogP contribution in [0.15, 0.2) is 41.5 Å². The number of benzene rings is 2. The summed E-state index contributed by atoms with van der Waals surface area (Å²) in [5.41, 5.74) is 6.44. The van der Waals surface area contributed by atoms with Gasteiger partial charge < -0.3 is 14.2 Å². The fourth-order valence-electron chi connectivity index (χ4n) is 3.58. The quantitative estimate of drug-likeness (QED) is 0.291. The first-order chi connectivity index (χ1) is 16.9. The molecule has 0 atom stereocenters. The summed E-state index contributed by atoms with van der Waals surface area (Å²) in [7, 11) is 0. The number of carbonyl (C=O) groups excluding carboxylic acids is 1. The summed E-state index contributed by atoms with van der Waals surface area (Å²) in [6.45, 7) is 11.3. The van der Waals surface area contributed by atoms with Gasteiger partial charge in [-0.05, 0) is 58.4 Å². The molecule has 1 aromatic heterocycles. The minimum absolute atomic E-state index is 0.348. The number of hydrogen-bond acceptors (Lipinski definition) is 6. The van der Waals surface area contributed by atoms with Crippen LogP contribution in [0.4, 0.5) is 0 Å². The average Bonchev–Trinajstić information content (AvgIpc) is 3.10. The van der Waals surface area contributed by atoms with E-state index in [0.717, 1.165) is 22.5 Å². The first kappa shape index (κ1) is 26.1. The highest BCUT2D eigenvalue weighted by atomic mass is 35.5. The van der Waals surface area contributed by atoms with Crippen molar-refractivity contribution in [2.24, 2.45) is 5.10 Å². The summed E-state index contributed by atoms with van der Waals surface area (Å²) in [5.74, 6) is 0.974. The number of hydrogen-bond donors (Lipinski definition) is 1. The van der Waals surface area contributed by atoms with Gasteiger partial charge in [-0.3, -0.25) is 9.48 Å². The van der Waals surface area contributed by atoms with Gasteiger partial charge in [0.05, 0.1) is 38.3 Å². The maximum absolute atomic E-state index is 12.9. The average molecular weight is 499 g/mol. The second-order valence-electron chi connectivity index (χ2n) is 7.63. The Bertz CT molecular complexity index is 1180. The van der Waals surface area contributed by atoms with Crippen molar-refractivity contribution in [2.45, 2.75) is 41.2 Å². The molecule has 0 saturated heterocycles. The summed E-state index contributed by atoms with van der Waals surface area (Å²) in [4.78, 5) is 12.9. The summed E-state index contributed by atoms with van der Waals surface area (Å²) in [5, 5.41) is 9.46. The first-order valence-electron chi connectivity index (χ1n) is 11.6. The summed E-state index contributed by atoms with van der Waals surface area (Å²) < 4.78 is 18.9. The Balaban J connectivity index is 1.79. The molecule has 1 heterocycles. The van der Waals surface area contributed by atoms with Crippen molar-refractivity contribution in [1.29, 1.82) is 0 Å². The third kappa shape index (κ3) is 6.33. The van der Waals surface area contributed by atoms with Crippen molar-refractivity contribution in [3.63, 3.8) is 0 Å². The lowest BCUT2D eigenvalue weighted by atomic mass is 10.1. The number of aromatic nitrogens is 2. The molecule has 0 aliphatic carbocycles. The van der Waals surface area contributed by atoms with Gasteiger partial charge in [0.1, 0.15) is 0 Å². The van der Waals surface area contributed by atoms with Gasteiger partial charge in [0.15, 0.2) is 11.5 Å². The summed E-state index contributed by atoms with van der Waals surface area (Å²) in [6, 6.07) is 10.9. The standard InChI is InChI=1S/C26H31ClN4O4/c1-6-33-23-13-20(14-24(34-7-2)25(23)35-8-3)26(32)29-28-15-21-17(4)30-31(18(21)5)16-19-11-9-10-12-22(19)27/h9-15H,6-8,16H2,1-5H3,(H,29,32)/b28-15+. The minimum atomic E-state index is -0.398. The maximum Gasteiger partial charge on any atom is 0.271 e. The Morgan fingerprint density at radius 2 is 1.69 bits per heavy atom. The van der Waals surface area contributed by atoms with Crippen LogP contribution in [0, 0.1) is 13.8 Å². The molecular formula is C26H31ClN4O4. The molecule has 3 aromatic rings. The number of carbonyl (C=O) groups is 1. The van der Waals surface area contributed by atoms with Crippen LogP contribution in [-0.2, 0) is 6.54 Å². The molecule has 0 saturated carbocycles. The van der Waals surface area contributed by atoms with Crippen LogP contribution >= 0.6 is 11.6 Å². The third-order valence-electron chi connectivity index (χ3n) is 5.25. The molecule has 1 N–H and O–H groups in total. The fourth-order valence-corrected chi connectivity index (χ4v) is 3.77. The number of rotatable bonds is 11. The normalized spacial score (nSPS) is 11.0. The molecule has 0 radical (unpaired) electrons. The van der Waals surface area contributed by atoms with Gasteiger partial charge in [-0.25, -0.2) is 5.43 Å². The van der Waals surface area contributed by atoms with Gasteiger partial charge in [-0.15, -0.1) is 0 Å². The van der Waals surface area contributed by atoms with Gasteiger partial charge in [-0.1, -0.05) is 29.8 Å². The lowest BCUT2D eigenvalue weighted by Gasteiger charge is -2.16. The topological polar surface area (TPSA) is 87.0 Å². The minimum Gasteiger partial charge on any atom is -0.490 e. The Morgan fingerprint density at radius 1 is 1.06 bits per heavy atom. The fraction of sp³-hybridized carbons (Fsp3) is 0.346. The van der Waals surface area contributed by atoms with Gasteiger partial charge in [0.2, 0.25) is 5.75 Å². The van der Waals surface area contributed by atoms with Crippen LogP contribution in [0.3, 0.4) is 0 Å². The Hall–Kier alpha value is -3.52. The first-order valence-corrected chi connectivity index (χ1v) is 11.9. The highest BCUT2D eigenvalue weighted by molar-refractivity contribution is 6.31. The van der Waals surface area contributed by atoms with Crippen LogP contribution < -0.4 is 19.6 Å². The van der Waals surface area contributed by atoms with Crippen molar-refractivity contribution in [1.82, 2.24) is 15.2 Å². The molecule has 0 bridgehead atoms. The number of aryl methyl sites for hydroxylation is 1. The maximum atomic E-state index is 12.9. The number of amides is 1. The van der Waals surface area contributed by atoms with Crippen molar-refractivity contribution in [3.8, 4) is 17.2 Å². The van der Waals surface area contributed by atoms with E-state index in [9.17, 15) is 4.79 Å². The van der Waals surface area contributed by atoms with E-state index in [-0.39, 0.29) is 0 Å². The van der Waals surface area contributed by atoms with Gasteiger partial charge in [-0.2, -0.15) is 10.2 Å². The highest BCUT2D eigenvalue weighted by Crippen LogP contribution is 2.39. The molecular weight excluding hydrogens is 468 g/mol. The number of nitrogens with zero attached hydrogens (tertiary/aromatic N) is 3. The van der Waals surface area contributed by atoms with E-state index in [0.29, 0.717) is 54.2 Å². The Morgan fingerprint density at radius 3 is 2.29 bits per heavy atom. The summed E-state index contributed by atoms with van der Waals surface area (Å²) >= 11 is 6.30. The second-order valence-corrected chi connectivity index (χ2v) is 8.04. The second kappa shape index (κ2) is 12.3. The van der Waals surface area contributed by atoms with Gasteiger partial charge in [0.25, 0.3) is 5.91 Å². The van der Waals surface area contributed by atoms with E-state index in [2.05, 4.69) is 15.6 Å². The van der Waals surface area contributed by atoms with Crippen LogP contribution in [0.5, 0.6) is 17.2 Å². The monoisotopic (exact) mass is 498 g/mol. The van der Waals surface area contributed by atoms with Crippen LogP contribution in [0.1, 0.15) is 53.6 Å². The lowest BCUT2D eigenvalue weighted by Crippen LogP contribution is -2.18. The van der Waals surface area contributed by atoms with Crippen molar-refractivity contribution >= 4 is 23.7 Å². The van der Waals surface area contributed by atoms with Crippen molar-refractivity contribution in [2.75, 3.05) is 19.8 Å². The number of nitrogens with one attached hydrogen (secondary N) is 1. The lowest BCUT2D eigenvalue weighted by molar-refractivity contribution is 0.0954. The molecule has 35 heavy (non-hydrogen) atoms. The van der Waals surface area contributed by atoms with E-state index in [1.54, 1.807) is 18.3 Å². The molecule has 0 spiro atoms. The molecule has 0 aliphatic rings. The van der Waals surface area contributed by atoms with Gasteiger partial charge >= 0.3 is 0 Å². The van der Waals surface area contributed by atoms with E-state index < -0.39 is 5.91 Å². The molecule has 0 fully saturated rings. The number of ether oxygens (including phenoxy) is 3. The molecule has 9 heteroatoms. The van der Waals surface area contributed by atoms with Crippen molar-refractivity contribution in [3.05, 3.63) is 69.5 Å². The predicted molar refractivity (Wildman–Crippen MR) is 137 cm³/mol. The third-order valence-corrected chi connectivity index (χ3v) is 5.62. The van der Waals surface area contributed by atoms with Crippen molar-refractivity contribution < 1.29 is 19.0 Å². The van der Waals surface area contributed by atoms with Crippen LogP contribution in [0.2, 0.25) is 5.02 Å². The Kier molecular flexibility index (Phi) is 9.14. The molecule has 0 aliphatic heterocycles. The molecule has 186 valence electrons. The zero-order valence-electron chi connectivity index (χ0n) is 20.7. The molecule has 2 aromatic carbocycles. The van der Waals surface area contributed by atoms with E-state index >= 15 is 0 Å². The summed E-state index contributed by atoms with van der Waals surface area (Å²) in [6.07, 6.45) is 1.60. The number of hydrazone groups is 1. The van der Waals surface area contributed by atoms with E-state index in [1.807, 2.05) is 63.6 Å². The molecule has 0 unspecified atom stereocenters. The van der Waals surface area contributed by atoms with Gasteiger partial charge in [0, 0.05) is 21.8 Å². The van der Waals surface area contributed by atoms with Crippen LogP contribution in [0.25, 0.3) is 0 Å². The SMILES string of the molecule is CCOc1cc(C(=O)N/N=C/c2c(C)nn(Cc3ccccc3Cl)c2C)cc(OCC)c1OCC. The largest absolute Gasteiger partial charge is 0.490 e. The highest BCUT2D eigenvalue weighted by Gasteiger charge is 2.18. The smallest absolute Gasteiger partial charge is 0.271 e. The van der Waals surface area contributed by atoms with E-state index in [4.69, 9.17) is 25.8 Å². The molecule has 3 rings (SSSR count). The zero-order valence-corrected chi connectivity index (χ0v) is 21.5. The number of halogens is 1. The van der Waals surface area contributed by atoms with Crippen LogP contribution in [-0.4, -0.2) is 41.7 Å². The molecule has 1 amide bonds. The predicted octanol–water partition coefficient (Wildman–Crippen LogP) is 5.16. The molecule has 8 nitrogen and oxygen atoms in total.